The number of nitrogens with zero attached hydrogens (tertiary/aromatic N) is 2. The van der Waals surface area contributed by atoms with Crippen LogP contribution in [0, 0.1) is 13.8 Å². The molecule has 0 amide bonds. The highest BCUT2D eigenvalue weighted by Gasteiger charge is 2.20. The van der Waals surface area contributed by atoms with Crippen LogP contribution < -0.4 is 0 Å². The monoisotopic (exact) mass is 550 g/mol. The second-order valence-corrected chi connectivity index (χ2v) is 10.6. The lowest BCUT2D eigenvalue weighted by Crippen LogP contribution is -1.84. The van der Waals surface area contributed by atoms with Gasteiger partial charge in [0.25, 0.3) is 0 Å². The van der Waals surface area contributed by atoms with Crippen LogP contribution in [0.3, 0.4) is 0 Å². The molecule has 6 heteroatoms. The van der Waals surface area contributed by atoms with Crippen LogP contribution in [0.4, 0.5) is 0 Å². The maximum atomic E-state index is 9.25. The van der Waals surface area contributed by atoms with Crippen molar-refractivity contribution in [3.05, 3.63) is 81.9 Å². The molecule has 2 aliphatic heterocycles. The summed E-state index contributed by atoms with van der Waals surface area (Å²) < 4.78 is 0. The van der Waals surface area contributed by atoms with Gasteiger partial charge in [-0.2, -0.15) is 0 Å². The van der Waals surface area contributed by atoms with E-state index in [-0.39, 0.29) is 0 Å². The fourth-order valence-electron chi connectivity index (χ4n) is 6.02. The summed E-state index contributed by atoms with van der Waals surface area (Å²) in [4.78, 5) is 27.0. The number of hydrogen-bond donors (Lipinski definition) is 3. The van der Waals surface area contributed by atoms with Crippen molar-refractivity contribution in [2.75, 3.05) is 0 Å². The molecule has 0 aromatic carbocycles. The fraction of sp³-hybridized carbons (Fsp3) is 0.343. The van der Waals surface area contributed by atoms with Crippen LogP contribution in [0.2, 0.25) is 0 Å². The Kier molecular flexibility index (Phi) is 8.81. The van der Waals surface area contributed by atoms with Crippen LogP contribution in [0.5, 0.6) is 0 Å². The van der Waals surface area contributed by atoms with Crippen molar-refractivity contribution in [2.24, 2.45) is 0 Å². The van der Waals surface area contributed by atoms with Crippen molar-refractivity contribution >= 4 is 50.3 Å². The molecule has 0 fully saturated rings. The molecule has 0 saturated heterocycles. The SMILES string of the molecule is C=CC(=O)O.CCC1=C(C)c2cc3[nH]c(cc4[nH]c(cc5nc(cc1n2)C(C)=C5CC)c(C)c4CC)c(C)c3CC. The van der Waals surface area contributed by atoms with Gasteiger partial charge in [0.1, 0.15) is 0 Å². The van der Waals surface area contributed by atoms with Gasteiger partial charge in [0.15, 0.2) is 0 Å². The predicted molar refractivity (Wildman–Crippen MR) is 173 cm³/mol. The summed E-state index contributed by atoms with van der Waals surface area (Å²) in [6.45, 7) is 20.7. The molecule has 0 aliphatic carbocycles. The molecule has 8 bridgehead atoms. The second-order valence-electron chi connectivity index (χ2n) is 10.6. The highest BCUT2D eigenvalue weighted by molar-refractivity contribution is 5.95. The number of hydrogen-bond acceptors (Lipinski definition) is 3. The third-order valence-corrected chi connectivity index (χ3v) is 8.39. The number of fused-ring (bicyclic) bond motifs is 8. The third kappa shape index (κ3) is 5.56. The van der Waals surface area contributed by atoms with E-state index in [4.69, 9.17) is 15.1 Å². The van der Waals surface area contributed by atoms with Crippen molar-refractivity contribution in [1.29, 1.82) is 0 Å². The van der Waals surface area contributed by atoms with Crippen LogP contribution in [-0.4, -0.2) is 31.0 Å². The molecule has 0 spiro atoms. The molecule has 0 atom stereocenters. The lowest BCUT2D eigenvalue weighted by molar-refractivity contribution is -0.131. The fourth-order valence-corrected chi connectivity index (χ4v) is 6.02. The first-order valence-electron chi connectivity index (χ1n) is 14.6. The van der Waals surface area contributed by atoms with Gasteiger partial charge in [0.2, 0.25) is 0 Å². The number of H-pyrrole nitrogens is 2. The number of carboxylic acid groups (broad SMARTS) is 1. The Hall–Kier alpha value is -4.19. The number of nitrogens with one attached hydrogen (secondary N) is 2. The Morgan fingerprint density at radius 1 is 0.683 bits per heavy atom. The first kappa shape index (κ1) is 29.8. The quantitative estimate of drug-likeness (QED) is 0.276. The van der Waals surface area contributed by atoms with E-state index < -0.39 is 5.97 Å². The van der Waals surface area contributed by atoms with Crippen LogP contribution in [0.15, 0.2) is 36.9 Å². The van der Waals surface area contributed by atoms with Gasteiger partial charge in [-0.3, -0.25) is 0 Å². The molecule has 5 rings (SSSR count). The zero-order valence-electron chi connectivity index (χ0n) is 25.7. The third-order valence-electron chi connectivity index (χ3n) is 8.39. The summed E-state index contributed by atoms with van der Waals surface area (Å²) >= 11 is 0. The molecule has 3 aromatic heterocycles. The maximum Gasteiger partial charge on any atom is 0.327 e. The topological polar surface area (TPSA) is 94.7 Å². The van der Waals surface area contributed by atoms with Gasteiger partial charge in [0, 0.05) is 28.1 Å². The Labute approximate surface area is 243 Å². The van der Waals surface area contributed by atoms with Gasteiger partial charge in [0.05, 0.1) is 22.8 Å². The first-order chi connectivity index (χ1) is 19.6. The smallest absolute Gasteiger partial charge is 0.327 e. The molecule has 2 aliphatic rings. The van der Waals surface area contributed by atoms with Crippen molar-refractivity contribution in [3.63, 3.8) is 0 Å². The minimum atomic E-state index is -0.981. The van der Waals surface area contributed by atoms with Crippen LogP contribution in [0.25, 0.3) is 44.4 Å². The van der Waals surface area contributed by atoms with Crippen molar-refractivity contribution in [2.45, 2.75) is 81.1 Å². The molecule has 6 nitrogen and oxygen atoms in total. The highest BCUT2D eigenvalue weighted by Crippen LogP contribution is 2.36. The van der Waals surface area contributed by atoms with Gasteiger partial charge in [-0.1, -0.05) is 34.3 Å². The zero-order chi connectivity index (χ0) is 30.0. The number of aromatic amines is 2. The molecule has 5 heterocycles. The Bertz CT molecular complexity index is 1760. The van der Waals surface area contributed by atoms with Gasteiger partial charge < -0.3 is 15.1 Å². The average molecular weight is 551 g/mol. The van der Waals surface area contributed by atoms with Gasteiger partial charge in [-0.15, -0.1) is 0 Å². The lowest BCUT2D eigenvalue weighted by Gasteiger charge is -2.01. The van der Waals surface area contributed by atoms with Gasteiger partial charge >= 0.3 is 5.97 Å². The van der Waals surface area contributed by atoms with Crippen molar-refractivity contribution in [3.8, 4) is 0 Å². The number of carboxylic acids is 1. The van der Waals surface area contributed by atoms with E-state index in [0.717, 1.165) is 65.6 Å². The molecule has 3 aromatic rings. The largest absolute Gasteiger partial charge is 0.478 e. The Balaban J connectivity index is 0.000000714. The Morgan fingerprint density at radius 3 is 1.51 bits per heavy atom. The number of aliphatic carboxylic acids is 1. The van der Waals surface area contributed by atoms with E-state index in [9.17, 15) is 4.79 Å². The van der Waals surface area contributed by atoms with E-state index in [2.05, 4.69) is 96.2 Å². The van der Waals surface area contributed by atoms with Crippen LogP contribution in [0.1, 0.15) is 99.4 Å². The zero-order valence-corrected chi connectivity index (χ0v) is 25.7. The molecule has 0 unspecified atom stereocenters. The summed E-state index contributed by atoms with van der Waals surface area (Å²) in [5.41, 5.74) is 19.3. The minimum absolute atomic E-state index is 0.833. The van der Waals surface area contributed by atoms with E-state index in [1.54, 1.807) is 0 Å². The van der Waals surface area contributed by atoms with Gasteiger partial charge in [-0.05, 0) is 122 Å². The average Bonchev–Trinajstić information content (AvgIpc) is 3.61. The molecule has 214 valence electrons. The standard InChI is InChI=1S/C32H38N4.C3H4O2/c1-9-21-17(5)25-14-30-23(11-3)19(7)27(35-30)16-32-24(12-4)20(8)28(36-32)15-31-22(10-2)18(6)26(34-31)13-29(21)33-25;1-2-3(4)5/h13-16,33-34H,9-12H2,1-8H3;2H,1H2,(H,4,5). The van der Waals surface area contributed by atoms with Crippen LogP contribution >= 0.6 is 0 Å². The summed E-state index contributed by atoms with van der Waals surface area (Å²) in [5, 5.41) is 7.60. The van der Waals surface area contributed by atoms with E-state index in [0.29, 0.717) is 0 Å². The summed E-state index contributed by atoms with van der Waals surface area (Å²) in [5.74, 6) is -0.981. The molecule has 3 N–H and O–H groups in total. The number of allylic oxidation sites excluding steroid dienone is 4. The summed E-state index contributed by atoms with van der Waals surface area (Å²) in [6.07, 6.45) is 4.69. The molecular weight excluding hydrogens is 508 g/mol. The summed E-state index contributed by atoms with van der Waals surface area (Å²) in [7, 11) is 0. The van der Waals surface area contributed by atoms with E-state index in [1.165, 1.54) is 55.6 Å². The van der Waals surface area contributed by atoms with Gasteiger partial charge in [-0.25, -0.2) is 14.8 Å². The second kappa shape index (κ2) is 12.1. The van der Waals surface area contributed by atoms with E-state index >= 15 is 0 Å². The summed E-state index contributed by atoms with van der Waals surface area (Å²) in [6, 6.07) is 8.98. The number of rotatable bonds is 5. The maximum absolute atomic E-state index is 9.25. The first-order valence-corrected chi connectivity index (χ1v) is 14.6. The highest BCUT2D eigenvalue weighted by atomic mass is 16.4. The molecule has 0 radical (unpaired) electrons. The Morgan fingerprint density at radius 2 is 1.07 bits per heavy atom. The molecule has 41 heavy (non-hydrogen) atoms. The number of aryl methyl sites for hydroxylation is 4. The minimum Gasteiger partial charge on any atom is -0.478 e. The molecule has 0 saturated carbocycles. The van der Waals surface area contributed by atoms with Crippen LogP contribution in [-0.2, 0) is 17.6 Å². The lowest BCUT2D eigenvalue weighted by atomic mass is 10.0. The van der Waals surface area contributed by atoms with E-state index in [1.807, 2.05) is 0 Å². The molecular formula is C35H42N4O2. The number of aromatic nitrogens is 4. The number of carbonyl (C=O) groups is 1. The van der Waals surface area contributed by atoms with Crippen molar-refractivity contribution < 1.29 is 9.90 Å². The normalized spacial score (nSPS) is 12.9. The predicted octanol–water partition coefficient (Wildman–Crippen LogP) is 8.99. The van der Waals surface area contributed by atoms with Crippen molar-refractivity contribution in [1.82, 2.24) is 19.9 Å².